The zero-order valence-corrected chi connectivity index (χ0v) is 18.8. The summed E-state index contributed by atoms with van der Waals surface area (Å²) < 4.78 is 38.4. The second-order valence-corrected chi connectivity index (χ2v) is 9.51. The van der Waals surface area contributed by atoms with E-state index in [4.69, 9.17) is 9.47 Å². The number of morpholine rings is 1. The average molecular weight is 445 g/mol. The number of ether oxygens (including phenoxy) is 2. The Morgan fingerprint density at radius 3 is 2.45 bits per heavy atom. The molecule has 3 rings (SSSR count). The van der Waals surface area contributed by atoms with Gasteiger partial charge in [-0.15, -0.1) is 0 Å². The SMILES string of the molecule is Cc1ccc(/C=C/C(=O)Nc2cc(S(=O)(=O)N3CCOCC3)ccc2OC(C)C)cc1. The van der Waals surface area contributed by atoms with Crippen molar-refractivity contribution in [3.63, 3.8) is 0 Å². The van der Waals surface area contributed by atoms with Crippen LogP contribution >= 0.6 is 0 Å². The molecule has 0 saturated carbocycles. The number of carbonyl (C=O) groups is 1. The zero-order valence-electron chi connectivity index (χ0n) is 18.0. The van der Waals surface area contributed by atoms with Gasteiger partial charge in [0.15, 0.2) is 0 Å². The van der Waals surface area contributed by atoms with E-state index in [1.807, 2.05) is 45.0 Å². The molecule has 166 valence electrons. The Morgan fingerprint density at radius 1 is 1.13 bits per heavy atom. The predicted octanol–water partition coefficient (Wildman–Crippen LogP) is 3.46. The fourth-order valence-corrected chi connectivity index (χ4v) is 4.52. The van der Waals surface area contributed by atoms with Crippen LogP contribution in [0.1, 0.15) is 25.0 Å². The third-order valence-electron chi connectivity index (χ3n) is 4.68. The van der Waals surface area contributed by atoms with Gasteiger partial charge in [0.1, 0.15) is 5.75 Å². The lowest BCUT2D eigenvalue weighted by atomic mass is 10.1. The highest BCUT2D eigenvalue weighted by atomic mass is 32.2. The molecule has 0 aromatic heterocycles. The van der Waals surface area contributed by atoms with Gasteiger partial charge in [-0.1, -0.05) is 29.8 Å². The van der Waals surface area contributed by atoms with Crippen LogP contribution in [0.5, 0.6) is 5.75 Å². The Morgan fingerprint density at radius 2 is 1.81 bits per heavy atom. The first-order chi connectivity index (χ1) is 14.8. The van der Waals surface area contributed by atoms with Crippen LogP contribution in [-0.4, -0.2) is 51.0 Å². The van der Waals surface area contributed by atoms with E-state index in [1.54, 1.807) is 12.1 Å². The maximum Gasteiger partial charge on any atom is 0.248 e. The van der Waals surface area contributed by atoms with Gasteiger partial charge in [0.2, 0.25) is 15.9 Å². The van der Waals surface area contributed by atoms with Gasteiger partial charge in [-0.2, -0.15) is 4.31 Å². The number of aryl methyl sites for hydroxylation is 1. The minimum absolute atomic E-state index is 0.100. The zero-order chi connectivity index (χ0) is 22.4. The molecule has 1 saturated heterocycles. The number of hydrogen-bond acceptors (Lipinski definition) is 5. The van der Waals surface area contributed by atoms with E-state index in [0.717, 1.165) is 11.1 Å². The molecular formula is C23H28N2O5S. The van der Waals surface area contributed by atoms with Crippen LogP contribution < -0.4 is 10.1 Å². The molecule has 1 amide bonds. The van der Waals surface area contributed by atoms with E-state index in [2.05, 4.69) is 5.32 Å². The van der Waals surface area contributed by atoms with Crippen molar-refractivity contribution < 1.29 is 22.7 Å². The molecule has 1 heterocycles. The van der Waals surface area contributed by atoms with Crippen LogP contribution in [0.2, 0.25) is 0 Å². The molecular weight excluding hydrogens is 416 g/mol. The van der Waals surface area contributed by atoms with Crippen LogP contribution in [0.3, 0.4) is 0 Å². The first-order valence-electron chi connectivity index (χ1n) is 10.2. The third kappa shape index (κ3) is 6.16. The van der Waals surface area contributed by atoms with Crippen LogP contribution in [0.4, 0.5) is 5.69 Å². The van der Waals surface area contributed by atoms with E-state index in [0.29, 0.717) is 37.7 Å². The van der Waals surface area contributed by atoms with Gasteiger partial charge in [0.25, 0.3) is 0 Å². The van der Waals surface area contributed by atoms with Crippen molar-refractivity contribution in [2.24, 2.45) is 0 Å². The molecule has 7 nitrogen and oxygen atoms in total. The summed E-state index contributed by atoms with van der Waals surface area (Å²) in [4.78, 5) is 12.6. The molecule has 1 fully saturated rings. The Bertz CT molecular complexity index is 1040. The number of nitrogens with zero attached hydrogens (tertiary/aromatic N) is 1. The summed E-state index contributed by atoms with van der Waals surface area (Å²) in [5, 5.41) is 2.75. The molecule has 0 bridgehead atoms. The third-order valence-corrected chi connectivity index (χ3v) is 6.58. The number of nitrogens with one attached hydrogen (secondary N) is 1. The lowest BCUT2D eigenvalue weighted by Crippen LogP contribution is -2.40. The van der Waals surface area contributed by atoms with Gasteiger partial charge in [-0.05, 0) is 50.6 Å². The first kappa shape index (κ1) is 23.0. The topological polar surface area (TPSA) is 84.9 Å². The monoisotopic (exact) mass is 444 g/mol. The summed E-state index contributed by atoms with van der Waals surface area (Å²) >= 11 is 0. The molecule has 0 spiro atoms. The second-order valence-electron chi connectivity index (χ2n) is 7.57. The van der Waals surface area contributed by atoms with Crippen molar-refractivity contribution in [2.45, 2.75) is 31.8 Å². The number of carbonyl (C=O) groups excluding carboxylic acids is 1. The molecule has 0 unspecified atom stereocenters. The van der Waals surface area contributed by atoms with Crippen molar-refractivity contribution in [1.29, 1.82) is 0 Å². The highest BCUT2D eigenvalue weighted by Gasteiger charge is 2.27. The van der Waals surface area contributed by atoms with Gasteiger partial charge in [-0.25, -0.2) is 8.42 Å². The number of anilines is 1. The largest absolute Gasteiger partial charge is 0.489 e. The van der Waals surface area contributed by atoms with Crippen molar-refractivity contribution in [3.05, 3.63) is 59.7 Å². The fraction of sp³-hybridized carbons (Fsp3) is 0.348. The molecule has 31 heavy (non-hydrogen) atoms. The molecule has 1 aliphatic heterocycles. The molecule has 0 aliphatic carbocycles. The highest BCUT2D eigenvalue weighted by molar-refractivity contribution is 7.89. The van der Waals surface area contributed by atoms with Gasteiger partial charge >= 0.3 is 0 Å². The maximum absolute atomic E-state index is 13.0. The highest BCUT2D eigenvalue weighted by Crippen LogP contribution is 2.30. The summed E-state index contributed by atoms with van der Waals surface area (Å²) in [6.07, 6.45) is 2.97. The maximum atomic E-state index is 13.0. The molecule has 0 radical (unpaired) electrons. The number of sulfonamides is 1. The van der Waals surface area contributed by atoms with Gasteiger partial charge < -0.3 is 14.8 Å². The lowest BCUT2D eigenvalue weighted by Gasteiger charge is -2.26. The Kier molecular flexibility index (Phi) is 7.48. The summed E-state index contributed by atoms with van der Waals surface area (Å²) in [6.45, 7) is 7.04. The fourth-order valence-electron chi connectivity index (χ4n) is 3.08. The summed E-state index contributed by atoms with van der Waals surface area (Å²) in [6, 6.07) is 12.3. The van der Waals surface area contributed by atoms with Crippen molar-refractivity contribution in [1.82, 2.24) is 4.31 Å². The van der Waals surface area contributed by atoms with Crippen molar-refractivity contribution >= 4 is 27.7 Å². The standard InChI is InChI=1S/C23H28N2O5S/c1-17(2)30-22-10-9-20(31(27,28)25-12-14-29-15-13-25)16-21(22)24-23(26)11-8-19-6-4-18(3)5-7-19/h4-11,16-17H,12-15H2,1-3H3,(H,24,26)/b11-8+. The number of amides is 1. The normalized spacial score (nSPS) is 15.4. The van der Waals surface area contributed by atoms with Gasteiger partial charge in [0, 0.05) is 19.2 Å². The van der Waals surface area contributed by atoms with E-state index in [1.165, 1.54) is 22.5 Å². The molecule has 2 aromatic rings. The van der Waals surface area contributed by atoms with Crippen LogP contribution in [-0.2, 0) is 19.6 Å². The Hall–Kier alpha value is -2.68. The smallest absolute Gasteiger partial charge is 0.248 e. The van der Waals surface area contributed by atoms with Crippen molar-refractivity contribution in [2.75, 3.05) is 31.6 Å². The van der Waals surface area contributed by atoms with Gasteiger partial charge in [-0.3, -0.25) is 4.79 Å². The Labute approximate surface area is 183 Å². The number of rotatable bonds is 7. The van der Waals surface area contributed by atoms with E-state index < -0.39 is 10.0 Å². The quantitative estimate of drug-likeness (QED) is 0.661. The van der Waals surface area contributed by atoms with E-state index >= 15 is 0 Å². The Balaban J connectivity index is 1.84. The second kappa shape index (κ2) is 10.1. The van der Waals surface area contributed by atoms with E-state index in [9.17, 15) is 13.2 Å². The minimum Gasteiger partial charge on any atom is -0.489 e. The molecule has 0 atom stereocenters. The number of hydrogen-bond donors (Lipinski definition) is 1. The predicted molar refractivity (Wildman–Crippen MR) is 121 cm³/mol. The average Bonchev–Trinajstić information content (AvgIpc) is 2.75. The first-order valence-corrected chi connectivity index (χ1v) is 11.6. The molecule has 1 aliphatic rings. The van der Waals surface area contributed by atoms with Crippen LogP contribution in [0, 0.1) is 6.92 Å². The molecule has 2 aromatic carbocycles. The van der Waals surface area contributed by atoms with Crippen LogP contribution in [0.25, 0.3) is 6.08 Å². The lowest BCUT2D eigenvalue weighted by molar-refractivity contribution is -0.111. The van der Waals surface area contributed by atoms with Crippen molar-refractivity contribution in [3.8, 4) is 5.75 Å². The van der Waals surface area contributed by atoms with E-state index in [-0.39, 0.29) is 16.9 Å². The number of benzene rings is 2. The summed E-state index contributed by atoms with van der Waals surface area (Å²) in [5.41, 5.74) is 2.33. The minimum atomic E-state index is -3.70. The molecule has 1 N–H and O–H groups in total. The summed E-state index contributed by atoms with van der Waals surface area (Å²) in [7, 11) is -3.70. The molecule has 8 heteroatoms. The van der Waals surface area contributed by atoms with Gasteiger partial charge in [0.05, 0.1) is 29.9 Å². The van der Waals surface area contributed by atoms with Crippen LogP contribution in [0.15, 0.2) is 53.4 Å². The summed E-state index contributed by atoms with van der Waals surface area (Å²) in [5.74, 6) is 0.0307.